The summed E-state index contributed by atoms with van der Waals surface area (Å²) in [5.74, 6) is 0. The monoisotopic (exact) mass is 381 g/mol. The molecule has 2 nitrogen and oxygen atoms in total. The molecule has 0 spiro atoms. The van der Waals surface area contributed by atoms with E-state index < -0.39 is 0 Å². The quantitative estimate of drug-likeness (QED) is 0.389. The van der Waals surface area contributed by atoms with Crippen LogP contribution >= 0.6 is 0 Å². The first-order chi connectivity index (χ1) is 13.5. The lowest BCUT2D eigenvalue weighted by atomic mass is 9.87. The number of unbranched alkanes of at least 4 members (excludes halogenated alkanes) is 2. The van der Waals surface area contributed by atoms with Gasteiger partial charge in [0.25, 0.3) is 0 Å². The highest BCUT2D eigenvalue weighted by atomic mass is 15.4. The number of nitrogens with zero attached hydrogens (tertiary/aromatic N) is 2. The number of hydrogen-bond acceptors (Lipinski definition) is 1. The zero-order valence-electron chi connectivity index (χ0n) is 18.6. The summed E-state index contributed by atoms with van der Waals surface area (Å²) in [5.41, 5.74) is 2.95. The van der Waals surface area contributed by atoms with Gasteiger partial charge in [0.2, 0.25) is 0 Å². The zero-order chi connectivity index (χ0) is 20.0. The summed E-state index contributed by atoms with van der Waals surface area (Å²) in [7, 11) is 4.74. The molecule has 1 fully saturated rings. The van der Waals surface area contributed by atoms with Crippen molar-refractivity contribution >= 4 is 0 Å². The first-order valence-corrected chi connectivity index (χ1v) is 11.5. The van der Waals surface area contributed by atoms with Crippen LogP contribution in [0.5, 0.6) is 0 Å². The lowest BCUT2D eigenvalue weighted by molar-refractivity contribution is -0.903. The third-order valence-electron chi connectivity index (χ3n) is 7.39. The van der Waals surface area contributed by atoms with Crippen molar-refractivity contribution in [1.82, 2.24) is 4.90 Å². The van der Waals surface area contributed by atoms with Crippen LogP contribution in [0.4, 0.5) is 0 Å². The Hall–Kier alpha value is -1.38. The van der Waals surface area contributed by atoms with Crippen LogP contribution in [0.15, 0.2) is 48.7 Å². The molecular weight excluding hydrogens is 340 g/mol. The fourth-order valence-corrected chi connectivity index (χ4v) is 5.10. The van der Waals surface area contributed by atoms with Gasteiger partial charge in [-0.15, -0.1) is 0 Å². The Bertz CT molecular complexity index is 652. The standard InChI is InChI=1S/C26H41N2/c1-5-6-7-11-23-12-14-24(15-13-23)21-27(3)25-16-18-26(19-17-25)28(4)20-9-8-10-22(28)2/h8-10,12-15,20,22,25-26H,5-7,11,16-19,21H2,1-4H3/q+1/t22-,25?,26?,28+/m0/s1. The van der Waals surface area contributed by atoms with E-state index in [1.807, 2.05) is 0 Å². The zero-order valence-corrected chi connectivity index (χ0v) is 18.6. The smallest absolute Gasteiger partial charge is 0.109 e. The first kappa shape index (κ1) is 21.3. The van der Waals surface area contributed by atoms with Crippen molar-refractivity contribution in [3.8, 4) is 0 Å². The van der Waals surface area contributed by atoms with Crippen LogP contribution in [0.1, 0.15) is 69.9 Å². The summed E-state index contributed by atoms with van der Waals surface area (Å²) in [6, 6.07) is 11.5. The van der Waals surface area contributed by atoms with Gasteiger partial charge in [0, 0.05) is 25.4 Å². The van der Waals surface area contributed by atoms with E-state index in [0.717, 1.165) is 23.1 Å². The number of benzene rings is 1. The number of allylic oxidation sites excluding steroid dienone is 2. The van der Waals surface area contributed by atoms with Crippen molar-refractivity contribution in [2.45, 2.75) is 89.9 Å². The van der Waals surface area contributed by atoms with Crippen LogP contribution in [0.2, 0.25) is 0 Å². The van der Waals surface area contributed by atoms with E-state index in [1.165, 1.54) is 62.5 Å². The molecule has 2 atom stereocenters. The van der Waals surface area contributed by atoms with Crippen molar-refractivity contribution in [1.29, 1.82) is 0 Å². The average molecular weight is 382 g/mol. The Morgan fingerprint density at radius 3 is 2.29 bits per heavy atom. The molecule has 2 aliphatic rings. The predicted molar refractivity (Wildman–Crippen MR) is 121 cm³/mol. The molecule has 1 heterocycles. The average Bonchev–Trinajstić information content (AvgIpc) is 2.72. The fraction of sp³-hybridized carbons (Fsp3) is 0.615. The van der Waals surface area contributed by atoms with Crippen LogP contribution in [0.3, 0.4) is 0 Å². The van der Waals surface area contributed by atoms with Gasteiger partial charge in [-0.2, -0.15) is 0 Å². The molecule has 0 saturated heterocycles. The molecule has 28 heavy (non-hydrogen) atoms. The Morgan fingerprint density at radius 2 is 1.64 bits per heavy atom. The van der Waals surface area contributed by atoms with Crippen molar-refractivity contribution in [2.75, 3.05) is 14.1 Å². The summed E-state index contributed by atoms with van der Waals surface area (Å²) in [6.07, 6.45) is 19.8. The Morgan fingerprint density at radius 1 is 0.964 bits per heavy atom. The first-order valence-electron chi connectivity index (χ1n) is 11.5. The van der Waals surface area contributed by atoms with E-state index in [0.29, 0.717) is 6.04 Å². The number of hydrogen-bond donors (Lipinski definition) is 0. The Labute approximate surface area is 173 Å². The maximum Gasteiger partial charge on any atom is 0.109 e. The van der Waals surface area contributed by atoms with Gasteiger partial charge in [-0.3, -0.25) is 9.38 Å². The van der Waals surface area contributed by atoms with E-state index >= 15 is 0 Å². The summed E-state index contributed by atoms with van der Waals surface area (Å²) in [6.45, 7) is 5.72. The molecule has 0 aromatic heterocycles. The lowest BCUT2D eigenvalue weighted by Crippen LogP contribution is -2.55. The highest BCUT2D eigenvalue weighted by Crippen LogP contribution is 2.33. The molecule has 1 aliphatic heterocycles. The molecule has 1 aromatic carbocycles. The summed E-state index contributed by atoms with van der Waals surface area (Å²) in [5, 5.41) is 0. The molecule has 0 radical (unpaired) electrons. The third-order valence-corrected chi connectivity index (χ3v) is 7.39. The maximum atomic E-state index is 2.59. The topological polar surface area (TPSA) is 3.24 Å². The van der Waals surface area contributed by atoms with Crippen LogP contribution in [-0.4, -0.2) is 41.6 Å². The molecule has 0 unspecified atom stereocenters. The molecule has 0 bridgehead atoms. The van der Waals surface area contributed by atoms with Crippen LogP contribution < -0.4 is 0 Å². The van der Waals surface area contributed by atoms with Crippen LogP contribution in [0.25, 0.3) is 0 Å². The predicted octanol–water partition coefficient (Wildman–Crippen LogP) is 6.08. The Kier molecular flexibility index (Phi) is 7.54. The van der Waals surface area contributed by atoms with Gasteiger partial charge >= 0.3 is 0 Å². The van der Waals surface area contributed by atoms with Gasteiger partial charge in [-0.25, -0.2) is 0 Å². The fourth-order valence-electron chi connectivity index (χ4n) is 5.10. The van der Waals surface area contributed by atoms with E-state index in [1.54, 1.807) is 0 Å². The molecule has 0 N–H and O–H groups in total. The van der Waals surface area contributed by atoms with Gasteiger partial charge in [0.1, 0.15) is 6.04 Å². The maximum absolute atomic E-state index is 2.59. The SMILES string of the molecule is CCCCCc1ccc(CN(C)C2CCC([N@+]3(C)C=CC=C[C@@H]3C)CC2)cc1. The molecule has 3 rings (SSSR count). The summed E-state index contributed by atoms with van der Waals surface area (Å²) < 4.78 is 1.09. The highest BCUT2D eigenvalue weighted by Gasteiger charge is 2.39. The third kappa shape index (κ3) is 5.15. The van der Waals surface area contributed by atoms with Crippen LogP contribution in [-0.2, 0) is 13.0 Å². The normalized spacial score (nSPS) is 30.1. The van der Waals surface area contributed by atoms with Crippen LogP contribution in [0, 0.1) is 0 Å². The van der Waals surface area contributed by atoms with E-state index in [-0.39, 0.29) is 0 Å². The van der Waals surface area contributed by atoms with Gasteiger partial charge in [-0.05, 0) is 62.9 Å². The molecule has 2 heteroatoms. The molecule has 154 valence electrons. The van der Waals surface area contributed by atoms with Gasteiger partial charge in [-0.1, -0.05) is 50.1 Å². The Balaban J connectivity index is 1.48. The van der Waals surface area contributed by atoms with E-state index in [4.69, 9.17) is 0 Å². The highest BCUT2D eigenvalue weighted by molar-refractivity contribution is 5.22. The number of rotatable bonds is 8. The second-order valence-corrected chi connectivity index (χ2v) is 9.34. The largest absolute Gasteiger partial charge is 0.299 e. The molecular formula is C26H41N2+. The number of aryl methyl sites for hydroxylation is 1. The minimum absolute atomic E-state index is 0.597. The lowest BCUT2D eigenvalue weighted by Gasteiger charge is -2.46. The number of quaternary nitrogens is 1. The second-order valence-electron chi connectivity index (χ2n) is 9.34. The van der Waals surface area contributed by atoms with Crippen molar-refractivity contribution < 1.29 is 4.48 Å². The molecule has 1 aromatic rings. The molecule has 0 amide bonds. The molecule has 1 aliphatic carbocycles. The summed E-state index contributed by atoms with van der Waals surface area (Å²) >= 11 is 0. The summed E-state index contributed by atoms with van der Waals surface area (Å²) in [4.78, 5) is 2.59. The minimum atomic E-state index is 0.597. The molecule has 1 saturated carbocycles. The van der Waals surface area contributed by atoms with Crippen molar-refractivity contribution in [2.24, 2.45) is 0 Å². The second kappa shape index (κ2) is 9.89. The number of likely N-dealkylation sites (N-methyl/N-ethyl adjacent to an activating group) is 1. The van der Waals surface area contributed by atoms with E-state index in [2.05, 4.69) is 81.5 Å². The minimum Gasteiger partial charge on any atom is -0.299 e. The van der Waals surface area contributed by atoms with E-state index in [9.17, 15) is 0 Å². The van der Waals surface area contributed by atoms with Crippen molar-refractivity contribution in [3.63, 3.8) is 0 Å². The van der Waals surface area contributed by atoms with Gasteiger partial charge in [0.15, 0.2) is 0 Å². The van der Waals surface area contributed by atoms with Gasteiger partial charge in [0.05, 0.1) is 19.3 Å². The van der Waals surface area contributed by atoms with Crippen molar-refractivity contribution in [3.05, 3.63) is 59.8 Å². The van der Waals surface area contributed by atoms with Gasteiger partial charge < -0.3 is 0 Å².